The van der Waals surface area contributed by atoms with Gasteiger partial charge in [-0.25, -0.2) is 4.79 Å². The van der Waals surface area contributed by atoms with Crippen molar-refractivity contribution in [1.82, 2.24) is 14.8 Å². The number of likely N-dealkylation sites (N-methyl/N-ethyl adjacent to an activating group) is 1. The first-order chi connectivity index (χ1) is 19.2. The molecule has 9 nitrogen and oxygen atoms in total. The molecule has 0 bridgehead atoms. The van der Waals surface area contributed by atoms with Gasteiger partial charge >= 0.3 is 6.03 Å². The molecule has 212 valence electrons. The van der Waals surface area contributed by atoms with E-state index in [-0.39, 0.29) is 37.0 Å². The first kappa shape index (κ1) is 29.5. The van der Waals surface area contributed by atoms with E-state index in [4.69, 9.17) is 4.74 Å². The number of pyridine rings is 1. The summed E-state index contributed by atoms with van der Waals surface area (Å²) in [5, 5.41) is 15.5. The first-order valence-corrected chi connectivity index (χ1v) is 14.1. The number of rotatable bonds is 8. The molecule has 0 radical (unpaired) electrons. The van der Waals surface area contributed by atoms with Crippen LogP contribution >= 0.6 is 15.9 Å². The minimum absolute atomic E-state index is 0.00159. The maximum atomic E-state index is 13.4. The number of halogens is 1. The highest BCUT2D eigenvalue weighted by molar-refractivity contribution is 9.10. The van der Waals surface area contributed by atoms with E-state index in [0.29, 0.717) is 35.8 Å². The number of hydrogen-bond donors (Lipinski definition) is 3. The SMILES string of the molecule is CC1CN(C(C)CO)C(=O)Cc2cc(NC(=O)Nc3ccc(Br)cc3)ccc2OC1CN(C)Cc1ccncc1. The molecule has 0 saturated heterocycles. The lowest BCUT2D eigenvalue weighted by atomic mass is 10.0. The number of benzene rings is 2. The number of fused-ring (bicyclic) bond motifs is 1. The van der Waals surface area contributed by atoms with Crippen LogP contribution in [0.4, 0.5) is 16.2 Å². The molecule has 2 heterocycles. The highest BCUT2D eigenvalue weighted by Gasteiger charge is 2.31. The molecule has 3 unspecified atom stereocenters. The van der Waals surface area contributed by atoms with E-state index in [1.54, 1.807) is 41.6 Å². The largest absolute Gasteiger partial charge is 0.488 e. The molecule has 0 spiro atoms. The zero-order valence-electron chi connectivity index (χ0n) is 23.0. The Balaban J connectivity index is 1.55. The van der Waals surface area contributed by atoms with Crippen molar-refractivity contribution in [2.75, 3.05) is 37.4 Å². The zero-order valence-corrected chi connectivity index (χ0v) is 24.6. The summed E-state index contributed by atoms with van der Waals surface area (Å²) >= 11 is 3.39. The predicted octanol–water partition coefficient (Wildman–Crippen LogP) is 4.77. The second-order valence-corrected chi connectivity index (χ2v) is 11.3. The van der Waals surface area contributed by atoms with Crippen molar-refractivity contribution in [2.24, 2.45) is 5.92 Å². The van der Waals surface area contributed by atoms with E-state index in [1.165, 1.54) is 0 Å². The van der Waals surface area contributed by atoms with E-state index in [1.807, 2.05) is 44.3 Å². The number of carbonyl (C=O) groups is 2. The molecule has 40 heavy (non-hydrogen) atoms. The number of nitrogens with zero attached hydrogens (tertiary/aromatic N) is 3. The topological polar surface area (TPSA) is 107 Å². The number of anilines is 2. The van der Waals surface area contributed by atoms with Crippen molar-refractivity contribution in [3.8, 4) is 5.75 Å². The lowest BCUT2D eigenvalue weighted by Gasteiger charge is -2.34. The average molecular weight is 611 g/mol. The Kier molecular flexibility index (Phi) is 10.1. The van der Waals surface area contributed by atoms with Gasteiger partial charge in [0, 0.05) is 59.4 Å². The number of ether oxygens (including phenoxy) is 1. The number of hydrogen-bond acceptors (Lipinski definition) is 6. The lowest BCUT2D eigenvalue weighted by Crippen LogP contribution is -2.47. The van der Waals surface area contributed by atoms with Gasteiger partial charge in [-0.05, 0) is 74.1 Å². The molecule has 3 aromatic rings. The van der Waals surface area contributed by atoms with Crippen LogP contribution in [0.1, 0.15) is 25.0 Å². The second-order valence-electron chi connectivity index (χ2n) is 10.3. The zero-order chi connectivity index (χ0) is 28.6. The molecule has 0 aliphatic carbocycles. The van der Waals surface area contributed by atoms with E-state index < -0.39 is 6.03 Å². The number of amides is 3. The molecular formula is C30H36BrN5O4. The summed E-state index contributed by atoms with van der Waals surface area (Å²) in [6.07, 6.45) is 3.44. The lowest BCUT2D eigenvalue weighted by molar-refractivity contribution is -0.134. The Morgan fingerprint density at radius 2 is 1.82 bits per heavy atom. The van der Waals surface area contributed by atoms with Gasteiger partial charge in [-0.3, -0.25) is 14.7 Å². The molecular weight excluding hydrogens is 574 g/mol. The highest BCUT2D eigenvalue weighted by Crippen LogP contribution is 2.29. The number of aliphatic hydroxyl groups is 1. The summed E-state index contributed by atoms with van der Waals surface area (Å²) in [7, 11) is 2.04. The predicted molar refractivity (Wildman–Crippen MR) is 159 cm³/mol. The number of carbonyl (C=O) groups excluding carboxylic acids is 2. The van der Waals surface area contributed by atoms with Gasteiger partial charge in [-0.2, -0.15) is 0 Å². The Morgan fingerprint density at radius 1 is 1.15 bits per heavy atom. The molecule has 4 rings (SSSR count). The minimum Gasteiger partial charge on any atom is -0.488 e. The number of aromatic nitrogens is 1. The van der Waals surface area contributed by atoms with Gasteiger partial charge in [0.25, 0.3) is 0 Å². The molecule has 3 atom stereocenters. The number of aliphatic hydroxyl groups excluding tert-OH is 1. The number of nitrogens with one attached hydrogen (secondary N) is 2. The standard InChI is InChI=1S/C30H36BrN5O4/c1-20-16-36(21(2)19-37)29(38)15-23-14-26(34-30(39)33-25-6-4-24(31)5-7-25)8-9-27(23)40-28(20)18-35(3)17-22-10-12-32-13-11-22/h4-14,20-21,28,37H,15-19H2,1-3H3,(H2,33,34,39). The fraction of sp³-hybridized carbons (Fsp3) is 0.367. The van der Waals surface area contributed by atoms with Gasteiger partial charge in [-0.1, -0.05) is 22.9 Å². The molecule has 0 fully saturated rings. The van der Waals surface area contributed by atoms with Crippen LogP contribution < -0.4 is 15.4 Å². The normalized spacial score (nSPS) is 18.1. The Bertz CT molecular complexity index is 1290. The summed E-state index contributed by atoms with van der Waals surface area (Å²) in [5.41, 5.74) is 3.03. The van der Waals surface area contributed by atoms with Crippen LogP contribution in [0.3, 0.4) is 0 Å². The van der Waals surface area contributed by atoms with E-state index in [9.17, 15) is 14.7 Å². The molecule has 1 aromatic heterocycles. The molecule has 0 saturated carbocycles. The summed E-state index contributed by atoms with van der Waals surface area (Å²) < 4.78 is 7.50. The van der Waals surface area contributed by atoms with Gasteiger partial charge in [0.1, 0.15) is 11.9 Å². The summed E-state index contributed by atoms with van der Waals surface area (Å²) in [5.74, 6) is 0.513. The van der Waals surface area contributed by atoms with Crippen LogP contribution in [-0.4, -0.2) is 70.7 Å². The minimum atomic E-state index is -0.391. The number of urea groups is 1. The van der Waals surface area contributed by atoms with Gasteiger partial charge in [-0.15, -0.1) is 0 Å². The maximum Gasteiger partial charge on any atom is 0.323 e. The van der Waals surface area contributed by atoms with E-state index in [2.05, 4.69) is 43.4 Å². The summed E-state index contributed by atoms with van der Waals surface area (Å²) in [6.45, 7) is 5.61. The monoisotopic (exact) mass is 609 g/mol. The second kappa shape index (κ2) is 13.7. The first-order valence-electron chi connectivity index (χ1n) is 13.3. The molecule has 2 aromatic carbocycles. The molecule has 1 aliphatic heterocycles. The maximum absolute atomic E-state index is 13.4. The Morgan fingerprint density at radius 3 is 2.52 bits per heavy atom. The fourth-order valence-corrected chi connectivity index (χ4v) is 4.99. The van der Waals surface area contributed by atoms with Gasteiger partial charge in [0.2, 0.25) is 5.91 Å². The van der Waals surface area contributed by atoms with Crippen molar-refractivity contribution in [2.45, 2.75) is 39.0 Å². The van der Waals surface area contributed by atoms with Gasteiger partial charge in [0.05, 0.1) is 19.1 Å². The summed E-state index contributed by atoms with van der Waals surface area (Å²) in [4.78, 5) is 34.1. The van der Waals surface area contributed by atoms with Crippen molar-refractivity contribution < 1.29 is 19.4 Å². The molecule has 1 aliphatic rings. The third kappa shape index (κ3) is 8.03. The van der Waals surface area contributed by atoms with Crippen LogP contribution in [0.5, 0.6) is 5.75 Å². The smallest absolute Gasteiger partial charge is 0.323 e. The van der Waals surface area contributed by atoms with Crippen LogP contribution in [-0.2, 0) is 17.8 Å². The van der Waals surface area contributed by atoms with Crippen molar-refractivity contribution >= 4 is 39.2 Å². The molecule has 10 heteroatoms. The van der Waals surface area contributed by atoms with Crippen molar-refractivity contribution in [3.05, 3.63) is 82.6 Å². The van der Waals surface area contributed by atoms with Crippen molar-refractivity contribution in [1.29, 1.82) is 0 Å². The summed E-state index contributed by atoms with van der Waals surface area (Å²) in [6, 6.07) is 15.9. The Labute approximate surface area is 243 Å². The third-order valence-corrected chi connectivity index (χ3v) is 7.50. The fourth-order valence-electron chi connectivity index (χ4n) is 4.72. The van der Waals surface area contributed by atoms with Gasteiger partial charge in [0.15, 0.2) is 0 Å². The highest BCUT2D eigenvalue weighted by atomic mass is 79.9. The van der Waals surface area contributed by atoms with Crippen LogP contribution in [0.25, 0.3) is 0 Å². The van der Waals surface area contributed by atoms with Crippen molar-refractivity contribution in [3.63, 3.8) is 0 Å². The third-order valence-electron chi connectivity index (χ3n) is 6.97. The van der Waals surface area contributed by atoms with Crippen LogP contribution in [0.15, 0.2) is 71.5 Å². The Hall–Kier alpha value is -3.47. The van der Waals surface area contributed by atoms with Crippen LogP contribution in [0.2, 0.25) is 0 Å². The quantitative estimate of drug-likeness (QED) is 0.340. The molecule has 3 amide bonds. The van der Waals surface area contributed by atoms with E-state index >= 15 is 0 Å². The van der Waals surface area contributed by atoms with Crippen LogP contribution in [0, 0.1) is 5.92 Å². The van der Waals surface area contributed by atoms with Gasteiger partial charge < -0.3 is 25.4 Å². The average Bonchev–Trinajstić information content (AvgIpc) is 2.97. The van der Waals surface area contributed by atoms with E-state index in [0.717, 1.165) is 16.6 Å². The molecule has 3 N–H and O–H groups in total.